The lowest BCUT2D eigenvalue weighted by Gasteiger charge is -2.29. The van der Waals surface area contributed by atoms with Crippen LogP contribution in [-0.2, 0) is 14.3 Å². The van der Waals surface area contributed by atoms with Crippen molar-refractivity contribution < 1.29 is 19.4 Å². The van der Waals surface area contributed by atoms with Crippen molar-refractivity contribution in [3.63, 3.8) is 0 Å². The molecule has 1 N–H and O–H groups in total. The van der Waals surface area contributed by atoms with E-state index >= 15 is 0 Å². The molecule has 108 valence electrons. The van der Waals surface area contributed by atoms with E-state index < -0.39 is 6.10 Å². The lowest BCUT2D eigenvalue weighted by atomic mass is 10.0. The minimum atomic E-state index is -0.575. The molecule has 0 aromatic carbocycles. The fourth-order valence-corrected chi connectivity index (χ4v) is 1.25. The third-order valence-electron chi connectivity index (χ3n) is 2.35. The van der Waals surface area contributed by atoms with Crippen molar-refractivity contribution in [2.24, 2.45) is 0 Å². The summed E-state index contributed by atoms with van der Waals surface area (Å²) in [7, 11) is 12.7. The second kappa shape index (κ2) is 10.7. The van der Waals surface area contributed by atoms with E-state index in [1.54, 1.807) is 7.11 Å². The van der Waals surface area contributed by atoms with Crippen LogP contribution in [0.1, 0.15) is 19.8 Å². The second-order valence-electron chi connectivity index (χ2n) is 3.82. The summed E-state index contributed by atoms with van der Waals surface area (Å²) in [6.07, 6.45) is -0.447. The van der Waals surface area contributed by atoms with Gasteiger partial charge < -0.3 is 14.6 Å². The van der Waals surface area contributed by atoms with Crippen molar-refractivity contribution in [3.8, 4) is 0 Å². The summed E-state index contributed by atoms with van der Waals surface area (Å²) in [5, 5.41) is 9.24. The molecule has 1 rings (SSSR count). The molecule has 1 heterocycles. The number of aliphatic hydroxyl groups excluding tert-OH is 1. The van der Waals surface area contributed by atoms with Crippen LogP contribution in [0.2, 0.25) is 0 Å². The summed E-state index contributed by atoms with van der Waals surface area (Å²) in [5.74, 6) is -0.345. The van der Waals surface area contributed by atoms with Gasteiger partial charge in [0.15, 0.2) is 0 Å². The maximum Gasteiger partial charge on any atom is 0.308 e. The van der Waals surface area contributed by atoms with Gasteiger partial charge in [-0.1, -0.05) is 0 Å². The summed E-state index contributed by atoms with van der Waals surface area (Å²) in [6, 6.07) is 0. The Kier molecular flexibility index (Phi) is 11.8. The molecule has 4 nitrogen and oxygen atoms in total. The predicted molar refractivity (Wildman–Crippen MR) is 94.3 cm³/mol. The van der Waals surface area contributed by atoms with Crippen LogP contribution in [0.15, 0.2) is 0 Å². The number of carbonyl (C=O) groups is 1. The van der Waals surface area contributed by atoms with Crippen LogP contribution in [0.25, 0.3) is 0 Å². The van der Waals surface area contributed by atoms with Crippen molar-refractivity contribution in [1.82, 2.24) is 0 Å². The number of cyclic esters (lactones) is 1. The number of rotatable bonds is 3. The standard InChI is InChI=1S/C8H14O4.H8P6/c1-5(11-2)7-3-6(9)4-8(10)12-7;1-5(2)6(3)4/h5-7,9H,3-4H2,1-2H3;1-4H2. The molecule has 1 aliphatic rings. The Hall–Kier alpha value is 1.97. The van der Waals surface area contributed by atoms with E-state index in [0.29, 0.717) is 6.42 Å². The van der Waals surface area contributed by atoms with E-state index in [9.17, 15) is 9.90 Å². The Balaban J connectivity index is 0.000000411. The van der Waals surface area contributed by atoms with E-state index in [1.807, 2.05) is 6.92 Å². The maximum absolute atomic E-state index is 10.9. The zero-order chi connectivity index (χ0) is 14.3. The predicted octanol–water partition coefficient (Wildman–Crippen LogP) is 3.11. The van der Waals surface area contributed by atoms with Gasteiger partial charge in [-0.25, -0.2) is 0 Å². The summed E-state index contributed by atoms with van der Waals surface area (Å²) >= 11 is 0. The molecule has 1 saturated heterocycles. The number of ether oxygens (including phenoxy) is 2. The van der Waals surface area contributed by atoms with Gasteiger partial charge in [-0.3, -0.25) is 4.79 Å². The van der Waals surface area contributed by atoms with Crippen molar-refractivity contribution >= 4 is 55.7 Å². The Labute approximate surface area is 120 Å². The summed E-state index contributed by atoms with van der Waals surface area (Å²) in [5.41, 5.74) is 0. The molecule has 0 amide bonds. The number of carbonyl (C=O) groups excluding carboxylic acids is 1. The van der Waals surface area contributed by atoms with E-state index in [1.165, 1.54) is 0 Å². The third kappa shape index (κ3) is 9.01. The van der Waals surface area contributed by atoms with Crippen LogP contribution in [-0.4, -0.2) is 36.5 Å². The molecule has 0 saturated carbocycles. The first-order valence-electron chi connectivity index (χ1n) is 5.27. The zero-order valence-corrected chi connectivity index (χ0v) is 16.9. The smallest absolute Gasteiger partial charge is 0.308 e. The molecular formula is C8H22O4P6. The third-order valence-corrected chi connectivity index (χ3v) is 23.7. The van der Waals surface area contributed by atoms with Gasteiger partial charge in [-0.2, -0.15) is 0 Å². The van der Waals surface area contributed by atoms with Gasteiger partial charge >= 0.3 is 5.97 Å². The topological polar surface area (TPSA) is 55.8 Å². The molecule has 1 fully saturated rings. The van der Waals surface area contributed by atoms with Crippen molar-refractivity contribution in [3.05, 3.63) is 0 Å². The van der Waals surface area contributed by atoms with Crippen LogP contribution in [0.5, 0.6) is 0 Å². The largest absolute Gasteiger partial charge is 0.459 e. The van der Waals surface area contributed by atoms with Gasteiger partial charge in [-0.15, -0.1) is 35.7 Å². The van der Waals surface area contributed by atoms with Crippen LogP contribution in [0.4, 0.5) is 0 Å². The highest BCUT2D eigenvalue weighted by molar-refractivity contribution is 8.92. The average Bonchev–Trinajstić information content (AvgIpc) is 2.27. The van der Waals surface area contributed by atoms with E-state index in [4.69, 9.17) is 9.47 Å². The van der Waals surface area contributed by atoms with Crippen LogP contribution >= 0.6 is 49.7 Å². The molecule has 7 atom stereocenters. The molecule has 18 heavy (non-hydrogen) atoms. The summed E-state index contributed by atoms with van der Waals surface area (Å²) in [6.45, 7) is 2.14. The highest BCUT2D eigenvalue weighted by Crippen LogP contribution is 2.86. The van der Waals surface area contributed by atoms with Gasteiger partial charge in [0.1, 0.15) is 6.10 Å². The molecule has 0 aliphatic carbocycles. The zero-order valence-electron chi connectivity index (χ0n) is 10.5. The van der Waals surface area contributed by atoms with E-state index in [2.05, 4.69) is 35.7 Å². The molecule has 0 radical (unpaired) electrons. The Morgan fingerprint density at radius 2 is 1.89 bits per heavy atom. The molecule has 0 aromatic rings. The summed E-state index contributed by atoms with van der Waals surface area (Å²) < 4.78 is 9.98. The SMILES string of the molecule is COC(C)C1CC(O)CC(=O)O1.PP(P)P(P)P. The molecule has 0 bridgehead atoms. The minimum absolute atomic E-state index is 0.104. The quantitative estimate of drug-likeness (QED) is 0.615. The van der Waals surface area contributed by atoms with Gasteiger partial charge in [-0.05, 0) is 20.9 Å². The Morgan fingerprint density at radius 1 is 1.39 bits per heavy atom. The highest BCUT2D eigenvalue weighted by atomic mass is 33.0. The second-order valence-corrected chi connectivity index (χ2v) is 23.6. The van der Waals surface area contributed by atoms with Crippen LogP contribution in [0, 0.1) is 0 Å². The average molecular weight is 368 g/mol. The number of hydrogen-bond donors (Lipinski definition) is 1. The first kappa shape index (κ1) is 20.0. The lowest BCUT2D eigenvalue weighted by molar-refractivity contribution is -0.169. The van der Waals surface area contributed by atoms with Crippen LogP contribution < -0.4 is 0 Å². The van der Waals surface area contributed by atoms with Crippen molar-refractivity contribution in [2.45, 2.75) is 38.1 Å². The van der Waals surface area contributed by atoms with E-state index in [0.717, 1.165) is 0 Å². The molecule has 0 spiro atoms. The fourth-order valence-electron chi connectivity index (χ4n) is 1.25. The highest BCUT2D eigenvalue weighted by Gasteiger charge is 2.30. The van der Waals surface area contributed by atoms with Gasteiger partial charge in [0.05, 0.1) is 18.6 Å². The number of hydrogen-bond acceptors (Lipinski definition) is 4. The lowest BCUT2D eigenvalue weighted by Crippen LogP contribution is -2.39. The molecule has 10 heteroatoms. The number of esters is 1. The van der Waals surface area contributed by atoms with Crippen molar-refractivity contribution in [2.75, 3.05) is 7.11 Å². The maximum atomic E-state index is 10.9. The normalized spacial score (nSPS) is 25.5. The molecule has 0 aromatic heterocycles. The van der Waals surface area contributed by atoms with Gasteiger partial charge in [0.25, 0.3) is 0 Å². The monoisotopic (exact) mass is 368 g/mol. The summed E-state index contributed by atoms with van der Waals surface area (Å²) in [4.78, 5) is 10.9. The molecular weight excluding hydrogens is 346 g/mol. The van der Waals surface area contributed by atoms with Crippen LogP contribution in [0.3, 0.4) is 0 Å². The number of aliphatic hydroxyl groups is 1. The first-order chi connectivity index (χ1) is 8.27. The Bertz CT molecular complexity index is 246. The molecule has 1 aliphatic heterocycles. The first-order valence-corrected chi connectivity index (χ1v) is 15.1. The minimum Gasteiger partial charge on any atom is -0.459 e. The van der Waals surface area contributed by atoms with Gasteiger partial charge in [0, 0.05) is 13.5 Å². The van der Waals surface area contributed by atoms with Crippen molar-refractivity contribution in [1.29, 1.82) is 0 Å². The fraction of sp³-hybridized carbons (Fsp3) is 0.875. The van der Waals surface area contributed by atoms with E-state index in [-0.39, 0.29) is 38.6 Å². The Morgan fingerprint density at radius 3 is 2.22 bits per heavy atom. The number of methoxy groups -OCH3 is 1. The molecule has 7 unspecified atom stereocenters. The van der Waals surface area contributed by atoms with Gasteiger partial charge in [0.2, 0.25) is 0 Å².